The van der Waals surface area contributed by atoms with E-state index in [0.717, 1.165) is 0 Å². The molecule has 0 aliphatic rings. The van der Waals surface area contributed by atoms with E-state index in [-0.39, 0.29) is 0 Å². The molecular formula is C21H25Br. The average molecular weight is 357 g/mol. The molecule has 0 bridgehead atoms. The van der Waals surface area contributed by atoms with Gasteiger partial charge in [0.25, 0.3) is 0 Å². The van der Waals surface area contributed by atoms with E-state index < -0.39 is 0 Å². The molecule has 0 amide bonds. The summed E-state index contributed by atoms with van der Waals surface area (Å²) in [6.45, 7) is 4.17. The summed E-state index contributed by atoms with van der Waals surface area (Å²) < 4.78 is 0. The molecule has 22 heavy (non-hydrogen) atoms. The van der Waals surface area contributed by atoms with Crippen LogP contribution in [0, 0.1) is 13.8 Å². The van der Waals surface area contributed by atoms with Gasteiger partial charge in [-0.1, -0.05) is 124 Å². The second-order valence-corrected chi connectivity index (χ2v) is 4.46. The van der Waals surface area contributed by atoms with Crippen LogP contribution >= 0.6 is 15.9 Å². The molecule has 0 saturated carbocycles. The number of alkyl halides is 1. The van der Waals surface area contributed by atoms with Crippen LogP contribution in [0.3, 0.4) is 0 Å². The highest BCUT2D eigenvalue weighted by molar-refractivity contribution is 9.08. The Morgan fingerprint density at radius 2 is 0.591 bits per heavy atom. The highest BCUT2D eigenvalue weighted by atomic mass is 79.9. The fraction of sp³-hybridized carbons (Fsp3) is 0.143. The Balaban J connectivity index is 0.000000285. The fourth-order valence-corrected chi connectivity index (χ4v) is 1.45. The first-order chi connectivity index (χ1) is 10.8. The molecule has 0 nitrogen and oxygen atoms in total. The van der Waals surface area contributed by atoms with Crippen LogP contribution in [0.2, 0.25) is 0 Å². The Bertz CT molecular complexity index is 469. The van der Waals surface area contributed by atoms with Crippen LogP contribution < -0.4 is 0 Å². The van der Waals surface area contributed by atoms with Gasteiger partial charge in [-0.2, -0.15) is 0 Å². The van der Waals surface area contributed by atoms with Gasteiger partial charge in [0.15, 0.2) is 0 Å². The van der Waals surface area contributed by atoms with E-state index >= 15 is 0 Å². The van der Waals surface area contributed by atoms with Crippen molar-refractivity contribution in [1.82, 2.24) is 0 Å². The molecule has 3 aromatic carbocycles. The van der Waals surface area contributed by atoms with Gasteiger partial charge in [0.1, 0.15) is 0 Å². The van der Waals surface area contributed by atoms with Gasteiger partial charge in [-0.05, 0) is 19.7 Å². The minimum absolute atomic E-state index is 1.32. The van der Waals surface area contributed by atoms with Crippen molar-refractivity contribution in [2.45, 2.75) is 13.8 Å². The molecule has 0 saturated heterocycles. The quantitative estimate of drug-likeness (QED) is 0.393. The summed E-state index contributed by atoms with van der Waals surface area (Å²) in [4.78, 5) is 0. The molecule has 0 N–H and O–H groups in total. The predicted molar refractivity (Wildman–Crippen MR) is 104 cm³/mol. The molecule has 0 radical (unpaired) electrons. The van der Waals surface area contributed by atoms with Gasteiger partial charge in [0.05, 0.1) is 0 Å². The van der Waals surface area contributed by atoms with Gasteiger partial charge in [-0.3, -0.25) is 0 Å². The van der Waals surface area contributed by atoms with Crippen molar-refractivity contribution in [3.05, 3.63) is 108 Å². The molecule has 0 aromatic heterocycles. The van der Waals surface area contributed by atoms with Crippen molar-refractivity contribution in [2.24, 2.45) is 0 Å². The number of aryl methyl sites for hydroxylation is 2. The summed E-state index contributed by atoms with van der Waals surface area (Å²) in [5.41, 5.74) is 2.64. The lowest BCUT2D eigenvalue weighted by atomic mass is 10.2. The standard InChI is InChI=1S/2C7H8.C6H6.CH3Br/c2*1-7-5-3-2-4-6-7;1-2-4-6-5-3-1;1-2/h2*2-6H,1H3;1-6H;1H3. The maximum Gasteiger partial charge on any atom is -0.00848 e. The number of hydrogen-bond donors (Lipinski definition) is 0. The molecular weight excluding hydrogens is 332 g/mol. The van der Waals surface area contributed by atoms with Crippen LogP contribution in [0.15, 0.2) is 97.1 Å². The van der Waals surface area contributed by atoms with Crippen molar-refractivity contribution < 1.29 is 0 Å². The fourth-order valence-electron chi connectivity index (χ4n) is 1.45. The number of halogens is 1. The molecule has 0 unspecified atom stereocenters. The molecule has 0 fully saturated rings. The predicted octanol–water partition coefficient (Wildman–Crippen LogP) is 6.69. The third-order valence-corrected chi connectivity index (χ3v) is 2.55. The Hall–Kier alpha value is -1.86. The summed E-state index contributed by atoms with van der Waals surface area (Å²) in [7, 11) is 0. The molecule has 116 valence electrons. The second-order valence-electron chi connectivity index (χ2n) is 4.46. The summed E-state index contributed by atoms with van der Waals surface area (Å²) in [5, 5.41) is 0. The SMILES string of the molecule is CBr.Cc1ccccc1.Cc1ccccc1.c1ccccc1. The van der Waals surface area contributed by atoms with Crippen molar-refractivity contribution >= 4 is 15.9 Å². The molecule has 1 heteroatoms. The van der Waals surface area contributed by atoms with Crippen molar-refractivity contribution in [3.8, 4) is 0 Å². The van der Waals surface area contributed by atoms with E-state index in [1.54, 1.807) is 0 Å². The Morgan fingerprint density at radius 1 is 0.409 bits per heavy atom. The van der Waals surface area contributed by atoms with Crippen LogP contribution in [0.1, 0.15) is 11.1 Å². The van der Waals surface area contributed by atoms with Gasteiger partial charge < -0.3 is 0 Å². The van der Waals surface area contributed by atoms with Gasteiger partial charge in [0.2, 0.25) is 0 Å². The molecule has 0 spiro atoms. The van der Waals surface area contributed by atoms with Crippen LogP contribution in [-0.2, 0) is 0 Å². The number of hydrogen-bond acceptors (Lipinski definition) is 0. The summed E-state index contributed by atoms with van der Waals surface area (Å²) in [5.74, 6) is 1.81. The van der Waals surface area contributed by atoms with E-state index in [2.05, 4.69) is 54.0 Å². The minimum atomic E-state index is 1.32. The van der Waals surface area contributed by atoms with Crippen molar-refractivity contribution in [2.75, 3.05) is 5.83 Å². The largest absolute Gasteiger partial charge is 0.0966 e. The van der Waals surface area contributed by atoms with Gasteiger partial charge >= 0.3 is 0 Å². The van der Waals surface area contributed by atoms with Gasteiger partial charge in [-0.25, -0.2) is 0 Å². The maximum atomic E-state index is 2.94. The van der Waals surface area contributed by atoms with E-state index in [9.17, 15) is 0 Å². The van der Waals surface area contributed by atoms with E-state index in [0.29, 0.717) is 0 Å². The third-order valence-electron chi connectivity index (χ3n) is 2.55. The zero-order valence-electron chi connectivity index (χ0n) is 13.6. The highest BCUT2D eigenvalue weighted by Crippen LogP contribution is 1.92. The molecule has 0 aliphatic carbocycles. The van der Waals surface area contributed by atoms with Crippen LogP contribution in [0.25, 0.3) is 0 Å². The van der Waals surface area contributed by atoms with E-state index in [1.165, 1.54) is 11.1 Å². The Morgan fingerprint density at radius 3 is 0.727 bits per heavy atom. The highest BCUT2D eigenvalue weighted by Gasteiger charge is 1.72. The molecule has 3 aromatic rings. The van der Waals surface area contributed by atoms with Crippen LogP contribution in [0.5, 0.6) is 0 Å². The lowest BCUT2D eigenvalue weighted by molar-refractivity contribution is 1.48. The molecule has 3 rings (SSSR count). The van der Waals surface area contributed by atoms with E-state index in [1.807, 2.05) is 78.6 Å². The number of benzene rings is 3. The summed E-state index contributed by atoms with van der Waals surface area (Å²) in [6, 6.07) is 32.5. The van der Waals surface area contributed by atoms with E-state index in [4.69, 9.17) is 0 Å². The lowest BCUT2D eigenvalue weighted by Crippen LogP contribution is -1.62. The van der Waals surface area contributed by atoms with Gasteiger partial charge in [-0.15, -0.1) is 0 Å². The zero-order valence-corrected chi connectivity index (χ0v) is 15.2. The lowest BCUT2D eigenvalue weighted by Gasteiger charge is -1.82. The average Bonchev–Trinajstić information content (AvgIpc) is 2.61. The minimum Gasteiger partial charge on any atom is -0.0966 e. The van der Waals surface area contributed by atoms with Gasteiger partial charge in [0, 0.05) is 0 Å². The first-order valence-electron chi connectivity index (χ1n) is 7.20. The smallest absolute Gasteiger partial charge is 0.00848 e. The molecule has 0 atom stereocenters. The maximum absolute atomic E-state index is 2.94. The third kappa shape index (κ3) is 13.1. The second kappa shape index (κ2) is 15.5. The van der Waals surface area contributed by atoms with Crippen LogP contribution in [-0.4, -0.2) is 5.83 Å². The monoisotopic (exact) mass is 356 g/mol. The first-order valence-corrected chi connectivity index (χ1v) is 8.79. The molecule has 0 heterocycles. The Labute approximate surface area is 144 Å². The normalized spacial score (nSPS) is 8.00. The topological polar surface area (TPSA) is 0 Å². The summed E-state index contributed by atoms with van der Waals surface area (Å²) >= 11 is 2.94. The van der Waals surface area contributed by atoms with Crippen molar-refractivity contribution in [1.29, 1.82) is 0 Å². The van der Waals surface area contributed by atoms with Crippen molar-refractivity contribution in [3.63, 3.8) is 0 Å². The van der Waals surface area contributed by atoms with Crippen LogP contribution in [0.4, 0.5) is 0 Å². The molecule has 0 aliphatic heterocycles. The first kappa shape index (κ1) is 20.1. The number of rotatable bonds is 0. The summed E-state index contributed by atoms with van der Waals surface area (Å²) in [6.07, 6.45) is 0. The Kier molecular flexibility index (Phi) is 14.2. The zero-order chi connectivity index (χ0) is 16.5.